The molecule has 2 rings (SSSR count). The first kappa shape index (κ1) is 12.1. The van der Waals surface area contributed by atoms with Crippen LogP contribution in [0.3, 0.4) is 0 Å². The van der Waals surface area contributed by atoms with Crippen LogP contribution in [-0.4, -0.2) is 11.8 Å². The van der Waals surface area contributed by atoms with Gasteiger partial charge in [0.05, 0.1) is 0 Å². The summed E-state index contributed by atoms with van der Waals surface area (Å²) in [4.78, 5) is 12.1. The lowest BCUT2D eigenvalue weighted by Gasteiger charge is -2.27. The molecule has 0 heterocycles. The van der Waals surface area contributed by atoms with E-state index in [4.69, 9.17) is 5.73 Å². The Morgan fingerprint density at radius 2 is 1.81 bits per heavy atom. The molecule has 2 aliphatic carbocycles. The molecule has 2 aliphatic rings. The molecule has 0 amide bonds. The number of carbonyl (C=O) groups is 1. The Morgan fingerprint density at radius 1 is 1.19 bits per heavy atom. The fourth-order valence-electron chi connectivity index (χ4n) is 2.98. The lowest BCUT2D eigenvalue weighted by molar-refractivity contribution is -0.124. The summed E-state index contributed by atoms with van der Waals surface area (Å²) in [6.45, 7) is 2.26. The van der Waals surface area contributed by atoms with E-state index in [1.807, 2.05) is 0 Å². The Morgan fingerprint density at radius 3 is 2.31 bits per heavy atom. The molecule has 0 saturated heterocycles. The van der Waals surface area contributed by atoms with Crippen molar-refractivity contribution in [1.82, 2.24) is 0 Å². The van der Waals surface area contributed by atoms with Gasteiger partial charge in [0.25, 0.3) is 0 Å². The van der Waals surface area contributed by atoms with Crippen LogP contribution in [0.5, 0.6) is 0 Å². The van der Waals surface area contributed by atoms with E-state index in [0.29, 0.717) is 24.0 Å². The minimum atomic E-state index is 0.163. The van der Waals surface area contributed by atoms with E-state index in [1.54, 1.807) is 0 Å². The molecule has 0 bridgehead atoms. The predicted molar refractivity (Wildman–Crippen MR) is 66.1 cm³/mol. The van der Waals surface area contributed by atoms with E-state index in [-0.39, 0.29) is 6.04 Å². The average Bonchev–Trinajstić information content (AvgIpc) is 3.13. The molecule has 2 fully saturated rings. The van der Waals surface area contributed by atoms with Crippen LogP contribution in [0, 0.1) is 17.8 Å². The van der Waals surface area contributed by atoms with E-state index >= 15 is 0 Å². The molecule has 1 atom stereocenters. The summed E-state index contributed by atoms with van der Waals surface area (Å²) in [7, 11) is 0. The molecular formula is C14H25NO. The summed E-state index contributed by atoms with van der Waals surface area (Å²) >= 11 is 0. The first-order chi connectivity index (χ1) is 7.70. The second-order valence-corrected chi connectivity index (χ2v) is 5.80. The van der Waals surface area contributed by atoms with Crippen molar-refractivity contribution < 1.29 is 4.79 Å². The molecule has 0 aromatic carbocycles. The highest BCUT2D eigenvalue weighted by Crippen LogP contribution is 2.35. The third-order valence-corrected chi connectivity index (χ3v) is 4.54. The Labute approximate surface area is 99.0 Å². The number of hydrogen-bond donors (Lipinski definition) is 1. The highest BCUT2D eigenvalue weighted by Gasteiger charge is 2.32. The minimum Gasteiger partial charge on any atom is -0.327 e. The summed E-state index contributed by atoms with van der Waals surface area (Å²) in [5.41, 5.74) is 6.02. The minimum absolute atomic E-state index is 0.163. The summed E-state index contributed by atoms with van der Waals surface area (Å²) in [6, 6.07) is 0.163. The zero-order valence-electron chi connectivity index (χ0n) is 10.5. The molecule has 0 aliphatic heterocycles. The fraction of sp³-hybridized carbons (Fsp3) is 0.929. The normalized spacial score (nSPS) is 32.4. The van der Waals surface area contributed by atoms with E-state index in [2.05, 4.69) is 6.92 Å². The number of ketones is 1. The van der Waals surface area contributed by atoms with Crippen LogP contribution in [0.4, 0.5) is 0 Å². The molecule has 2 saturated carbocycles. The van der Waals surface area contributed by atoms with Crippen LogP contribution in [-0.2, 0) is 4.79 Å². The zero-order valence-corrected chi connectivity index (χ0v) is 10.5. The van der Waals surface area contributed by atoms with Crippen molar-refractivity contribution in [3.63, 3.8) is 0 Å². The van der Waals surface area contributed by atoms with Crippen LogP contribution < -0.4 is 5.73 Å². The van der Waals surface area contributed by atoms with Gasteiger partial charge in [0.15, 0.2) is 0 Å². The van der Waals surface area contributed by atoms with Crippen molar-refractivity contribution in [2.75, 3.05) is 0 Å². The zero-order chi connectivity index (χ0) is 11.5. The lowest BCUT2D eigenvalue weighted by atomic mass is 9.78. The number of carbonyl (C=O) groups excluding carboxylic acids is 1. The van der Waals surface area contributed by atoms with Gasteiger partial charge in [-0.1, -0.05) is 13.3 Å². The van der Waals surface area contributed by atoms with Gasteiger partial charge in [0, 0.05) is 18.4 Å². The van der Waals surface area contributed by atoms with Crippen molar-refractivity contribution in [2.45, 2.75) is 64.3 Å². The van der Waals surface area contributed by atoms with Crippen LogP contribution >= 0.6 is 0 Å². The van der Waals surface area contributed by atoms with Crippen LogP contribution in [0.25, 0.3) is 0 Å². The Kier molecular flexibility index (Phi) is 4.01. The van der Waals surface area contributed by atoms with Crippen molar-refractivity contribution in [3.8, 4) is 0 Å². The first-order valence-corrected chi connectivity index (χ1v) is 6.99. The van der Waals surface area contributed by atoms with Gasteiger partial charge < -0.3 is 5.73 Å². The molecule has 0 radical (unpaired) electrons. The second-order valence-electron chi connectivity index (χ2n) is 5.80. The number of Topliss-reactive ketones (excluding diaryl/α,β-unsaturated/α-hetero) is 1. The third kappa shape index (κ3) is 3.07. The van der Waals surface area contributed by atoms with Gasteiger partial charge in [-0.15, -0.1) is 0 Å². The molecule has 2 nitrogen and oxygen atoms in total. The predicted octanol–water partition coefficient (Wildman–Crippen LogP) is 2.90. The summed E-state index contributed by atoms with van der Waals surface area (Å²) in [5, 5.41) is 0. The quantitative estimate of drug-likeness (QED) is 0.778. The van der Waals surface area contributed by atoms with E-state index in [9.17, 15) is 4.79 Å². The van der Waals surface area contributed by atoms with E-state index in [0.717, 1.165) is 18.8 Å². The molecular weight excluding hydrogens is 198 g/mol. The maximum absolute atomic E-state index is 12.1. The Bertz CT molecular complexity index is 239. The molecule has 0 spiro atoms. The van der Waals surface area contributed by atoms with Gasteiger partial charge in [0.2, 0.25) is 0 Å². The number of nitrogens with two attached hydrogens (primary N) is 1. The molecule has 92 valence electrons. The third-order valence-electron chi connectivity index (χ3n) is 4.54. The standard InChI is InChI=1S/C14H25NO/c1-2-10-3-5-12(6-4-10)14(16)9-13(15)11-7-8-11/h10-13H,2-9,15H2,1H3. The second kappa shape index (κ2) is 5.31. The van der Waals surface area contributed by atoms with Gasteiger partial charge in [-0.2, -0.15) is 0 Å². The Balaban J connectivity index is 1.73. The van der Waals surface area contributed by atoms with Gasteiger partial charge >= 0.3 is 0 Å². The Hall–Kier alpha value is -0.370. The van der Waals surface area contributed by atoms with Gasteiger partial charge in [-0.05, 0) is 50.4 Å². The van der Waals surface area contributed by atoms with Crippen molar-refractivity contribution >= 4 is 5.78 Å². The molecule has 16 heavy (non-hydrogen) atoms. The van der Waals surface area contributed by atoms with Gasteiger partial charge in [-0.3, -0.25) is 4.79 Å². The van der Waals surface area contributed by atoms with Crippen LogP contribution in [0.2, 0.25) is 0 Å². The van der Waals surface area contributed by atoms with E-state index < -0.39 is 0 Å². The van der Waals surface area contributed by atoms with Crippen molar-refractivity contribution in [2.24, 2.45) is 23.5 Å². The first-order valence-electron chi connectivity index (χ1n) is 6.99. The molecule has 0 aromatic rings. The van der Waals surface area contributed by atoms with Crippen LogP contribution in [0.1, 0.15) is 58.3 Å². The maximum Gasteiger partial charge on any atom is 0.137 e. The van der Waals surface area contributed by atoms with Gasteiger partial charge in [0.1, 0.15) is 5.78 Å². The number of hydrogen-bond acceptors (Lipinski definition) is 2. The smallest absolute Gasteiger partial charge is 0.137 e. The SMILES string of the molecule is CCC1CCC(C(=O)CC(N)C2CC2)CC1. The monoisotopic (exact) mass is 223 g/mol. The maximum atomic E-state index is 12.1. The largest absolute Gasteiger partial charge is 0.327 e. The van der Waals surface area contributed by atoms with Crippen molar-refractivity contribution in [3.05, 3.63) is 0 Å². The molecule has 1 unspecified atom stereocenters. The molecule has 2 N–H and O–H groups in total. The fourth-order valence-corrected chi connectivity index (χ4v) is 2.98. The summed E-state index contributed by atoms with van der Waals surface area (Å²) in [5.74, 6) is 2.33. The lowest BCUT2D eigenvalue weighted by Crippen LogP contribution is -2.30. The number of rotatable bonds is 5. The average molecular weight is 223 g/mol. The molecule has 2 heteroatoms. The van der Waals surface area contributed by atoms with Gasteiger partial charge in [-0.25, -0.2) is 0 Å². The summed E-state index contributed by atoms with van der Waals surface area (Å²) in [6.07, 6.45) is 9.17. The highest BCUT2D eigenvalue weighted by molar-refractivity contribution is 5.81. The van der Waals surface area contributed by atoms with Crippen LogP contribution in [0.15, 0.2) is 0 Å². The van der Waals surface area contributed by atoms with Crippen molar-refractivity contribution in [1.29, 1.82) is 0 Å². The van der Waals surface area contributed by atoms with E-state index in [1.165, 1.54) is 32.1 Å². The molecule has 0 aromatic heterocycles. The summed E-state index contributed by atoms with van der Waals surface area (Å²) < 4.78 is 0. The highest BCUT2D eigenvalue weighted by atomic mass is 16.1. The topological polar surface area (TPSA) is 43.1 Å².